The summed E-state index contributed by atoms with van der Waals surface area (Å²) in [4.78, 5) is 26.7. The minimum Gasteiger partial charge on any atom is -0.465 e. The van der Waals surface area contributed by atoms with Crippen molar-refractivity contribution in [2.24, 2.45) is 0 Å². The van der Waals surface area contributed by atoms with E-state index in [4.69, 9.17) is 15.0 Å². The van der Waals surface area contributed by atoms with E-state index in [0.29, 0.717) is 44.8 Å². The molecule has 0 aromatic carbocycles. The first kappa shape index (κ1) is 20.6. The molecule has 2 N–H and O–H groups in total. The number of ether oxygens (including phenoxy) is 1. The van der Waals surface area contributed by atoms with Gasteiger partial charge in [0, 0.05) is 37.8 Å². The van der Waals surface area contributed by atoms with E-state index in [1.165, 1.54) is 11.3 Å². The van der Waals surface area contributed by atoms with Crippen molar-refractivity contribution >= 4 is 11.9 Å². The molecule has 0 saturated carbocycles. The number of fused-ring (bicyclic) bond motifs is 1. The largest absolute Gasteiger partial charge is 0.465 e. The lowest BCUT2D eigenvalue weighted by atomic mass is 10.0. The van der Waals surface area contributed by atoms with Gasteiger partial charge in [0.05, 0.1) is 24.2 Å². The fraction of sp³-hybridized carbons (Fsp3) is 0.700. The predicted molar refractivity (Wildman–Crippen MR) is 110 cm³/mol. The maximum absolute atomic E-state index is 11.5. The SMILES string of the molecule is CN1CCCC1COc1nc2c(c(N3CCN(C(=O)O)[C@@H](CC#N)C3)n1)CCNC2. The molecule has 3 aliphatic heterocycles. The molecule has 1 amide bonds. The molecule has 1 unspecified atom stereocenters. The molecule has 2 fully saturated rings. The summed E-state index contributed by atoms with van der Waals surface area (Å²) in [6.07, 6.45) is 2.29. The zero-order valence-electron chi connectivity index (χ0n) is 17.4. The zero-order chi connectivity index (χ0) is 21.1. The van der Waals surface area contributed by atoms with Gasteiger partial charge >= 0.3 is 12.1 Å². The highest BCUT2D eigenvalue weighted by atomic mass is 16.5. The quantitative estimate of drug-likeness (QED) is 0.715. The van der Waals surface area contributed by atoms with E-state index in [2.05, 4.69) is 33.2 Å². The molecule has 0 bridgehead atoms. The fourth-order valence-electron chi connectivity index (χ4n) is 4.58. The van der Waals surface area contributed by atoms with Crippen LogP contribution in [0.15, 0.2) is 0 Å². The fourth-order valence-corrected chi connectivity index (χ4v) is 4.58. The Morgan fingerprint density at radius 3 is 2.93 bits per heavy atom. The number of hydrogen-bond acceptors (Lipinski definition) is 8. The summed E-state index contributed by atoms with van der Waals surface area (Å²) in [5, 5.41) is 22.0. The van der Waals surface area contributed by atoms with Crippen molar-refractivity contribution in [2.75, 3.05) is 51.3 Å². The summed E-state index contributed by atoms with van der Waals surface area (Å²) < 4.78 is 6.02. The zero-order valence-corrected chi connectivity index (χ0v) is 17.4. The van der Waals surface area contributed by atoms with Crippen LogP contribution >= 0.6 is 0 Å². The normalized spacial score (nSPS) is 24.4. The lowest BCUT2D eigenvalue weighted by molar-refractivity contribution is 0.119. The van der Waals surface area contributed by atoms with E-state index in [0.717, 1.165) is 43.0 Å². The minimum absolute atomic E-state index is 0.162. The number of nitriles is 1. The lowest BCUT2D eigenvalue weighted by Crippen LogP contribution is -2.55. The Hall–Kier alpha value is -2.64. The van der Waals surface area contributed by atoms with Crippen LogP contribution in [-0.2, 0) is 13.0 Å². The molecule has 0 radical (unpaired) electrons. The standard InChI is InChI=1S/C20H29N7O3/c1-25-8-2-3-15(25)13-30-19-23-17-11-22-7-5-16(17)18(24-19)26-9-10-27(20(28)29)14(12-26)4-6-21/h14-15,22H,2-5,7-13H2,1H3,(H,28,29)/t14-,15?/m0/s1. The Kier molecular flexibility index (Phi) is 6.20. The number of nitrogens with zero attached hydrogens (tertiary/aromatic N) is 6. The van der Waals surface area contributed by atoms with Gasteiger partial charge < -0.3 is 29.9 Å². The van der Waals surface area contributed by atoms with Crippen molar-refractivity contribution in [3.8, 4) is 12.1 Å². The first-order valence-corrected chi connectivity index (χ1v) is 10.6. The molecule has 0 aliphatic carbocycles. The van der Waals surface area contributed by atoms with Crippen LogP contribution in [0.4, 0.5) is 10.6 Å². The number of anilines is 1. The van der Waals surface area contributed by atoms with Gasteiger partial charge in [0.15, 0.2) is 0 Å². The van der Waals surface area contributed by atoms with Crippen molar-refractivity contribution in [3.63, 3.8) is 0 Å². The third kappa shape index (κ3) is 4.27. The van der Waals surface area contributed by atoms with Crippen molar-refractivity contribution in [1.82, 2.24) is 25.1 Å². The molecule has 3 aliphatic rings. The van der Waals surface area contributed by atoms with Crippen LogP contribution in [0.3, 0.4) is 0 Å². The highest BCUT2D eigenvalue weighted by Gasteiger charge is 2.33. The number of rotatable bonds is 5. The molecular formula is C20H29N7O3. The van der Waals surface area contributed by atoms with Crippen LogP contribution in [0, 0.1) is 11.3 Å². The molecule has 10 nitrogen and oxygen atoms in total. The number of carboxylic acid groups (broad SMARTS) is 1. The van der Waals surface area contributed by atoms with Crippen LogP contribution in [0.2, 0.25) is 0 Å². The Morgan fingerprint density at radius 2 is 2.20 bits per heavy atom. The van der Waals surface area contributed by atoms with Crippen LogP contribution in [0.25, 0.3) is 0 Å². The Labute approximate surface area is 176 Å². The van der Waals surface area contributed by atoms with Crippen molar-refractivity contribution in [2.45, 2.75) is 44.3 Å². The molecule has 4 rings (SSSR count). The van der Waals surface area contributed by atoms with E-state index >= 15 is 0 Å². The van der Waals surface area contributed by atoms with E-state index in [1.807, 2.05) is 0 Å². The summed E-state index contributed by atoms with van der Waals surface area (Å²) in [5.74, 6) is 0.823. The van der Waals surface area contributed by atoms with Gasteiger partial charge in [-0.25, -0.2) is 4.79 Å². The number of carbonyl (C=O) groups is 1. The summed E-state index contributed by atoms with van der Waals surface area (Å²) in [6.45, 7) is 4.50. The number of hydrogen-bond donors (Lipinski definition) is 2. The highest BCUT2D eigenvalue weighted by molar-refractivity contribution is 5.66. The first-order chi connectivity index (χ1) is 14.6. The average Bonchev–Trinajstić information content (AvgIpc) is 3.16. The van der Waals surface area contributed by atoms with Crippen LogP contribution in [0.1, 0.15) is 30.5 Å². The number of aromatic nitrogens is 2. The minimum atomic E-state index is -0.978. The summed E-state index contributed by atoms with van der Waals surface area (Å²) in [5.41, 5.74) is 2.04. The smallest absolute Gasteiger partial charge is 0.407 e. The second kappa shape index (κ2) is 9.02. The summed E-state index contributed by atoms with van der Waals surface area (Å²) >= 11 is 0. The van der Waals surface area contributed by atoms with Crippen LogP contribution < -0.4 is 15.0 Å². The maximum atomic E-state index is 11.5. The van der Waals surface area contributed by atoms with Crippen molar-refractivity contribution < 1.29 is 14.6 Å². The molecule has 2 atom stereocenters. The third-order valence-corrected chi connectivity index (χ3v) is 6.33. The molecule has 10 heteroatoms. The average molecular weight is 415 g/mol. The Balaban J connectivity index is 1.56. The molecule has 30 heavy (non-hydrogen) atoms. The highest BCUT2D eigenvalue weighted by Crippen LogP contribution is 2.29. The lowest BCUT2D eigenvalue weighted by Gasteiger charge is -2.40. The molecule has 0 spiro atoms. The van der Waals surface area contributed by atoms with Crippen molar-refractivity contribution in [3.05, 3.63) is 11.3 Å². The van der Waals surface area contributed by atoms with E-state index in [9.17, 15) is 9.90 Å². The van der Waals surface area contributed by atoms with Gasteiger partial charge in [-0.05, 0) is 39.4 Å². The van der Waals surface area contributed by atoms with Gasteiger partial charge in [-0.3, -0.25) is 0 Å². The van der Waals surface area contributed by atoms with E-state index in [-0.39, 0.29) is 12.5 Å². The number of likely N-dealkylation sites (N-methyl/N-ethyl adjacent to an activating group) is 1. The Bertz CT molecular complexity index is 827. The molecule has 162 valence electrons. The Morgan fingerprint density at radius 1 is 1.33 bits per heavy atom. The summed E-state index contributed by atoms with van der Waals surface area (Å²) in [7, 11) is 2.11. The van der Waals surface area contributed by atoms with Gasteiger partial charge in [0.1, 0.15) is 12.4 Å². The van der Waals surface area contributed by atoms with Gasteiger partial charge in [-0.2, -0.15) is 15.2 Å². The summed E-state index contributed by atoms with van der Waals surface area (Å²) in [6, 6.07) is 2.51. The van der Waals surface area contributed by atoms with Crippen LogP contribution in [-0.4, -0.2) is 89.4 Å². The molecule has 4 heterocycles. The van der Waals surface area contributed by atoms with Gasteiger partial charge in [-0.15, -0.1) is 0 Å². The molecule has 1 aromatic rings. The number of likely N-dealkylation sites (tertiary alicyclic amines) is 1. The maximum Gasteiger partial charge on any atom is 0.407 e. The molecule has 1 aromatic heterocycles. The number of piperazine rings is 1. The second-order valence-corrected chi connectivity index (χ2v) is 8.21. The van der Waals surface area contributed by atoms with Gasteiger partial charge in [0.25, 0.3) is 0 Å². The van der Waals surface area contributed by atoms with Gasteiger partial charge in [0.2, 0.25) is 0 Å². The van der Waals surface area contributed by atoms with E-state index < -0.39 is 6.09 Å². The number of amides is 1. The third-order valence-electron chi connectivity index (χ3n) is 6.33. The molecule has 2 saturated heterocycles. The van der Waals surface area contributed by atoms with Crippen molar-refractivity contribution in [1.29, 1.82) is 5.26 Å². The predicted octanol–water partition coefficient (Wildman–Crippen LogP) is 0.678. The van der Waals surface area contributed by atoms with E-state index in [1.54, 1.807) is 0 Å². The monoisotopic (exact) mass is 415 g/mol. The van der Waals surface area contributed by atoms with Crippen LogP contribution in [0.5, 0.6) is 6.01 Å². The van der Waals surface area contributed by atoms with Gasteiger partial charge in [-0.1, -0.05) is 0 Å². The topological polar surface area (TPSA) is 118 Å². The first-order valence-electron chi connectivity index (χ1n) is 10.6. The second-order valence-electron chi connectivity index (χ2n) is 8.21. The number of nitrogens with one attached hydrogen (secondary N) is 1. The molecular weight excluding hydrogens is 386 g/mol.